The largest absolute Gasteiger partial charge is 0.497 e. The van der Waals surface area contributed by atoms with Crippen molar-refractivity contribution in [2.24, 2.45) is 11.7 Å². The van der Waals surface area contributed by atoms with Gasteiger partial charge in [-0.15, -0.1) is 0 Å². The van der Waals surface area contributed by atoms with Gasteiger partial charge in [0.05, 0.1) is 13.2 Å². The van der Waals surface area contributed by atoms with Crippen molar-refractivity contribution >= 4 is 0 Å². The van der Waals surface area contributed by atoms with Crippen LogP contribution in [0.2, 0.25) is 0 Å². The lowest BCUT2D eigenvalue weighted by atomic mass is 9.85. The van der Waals surface area contributed by atoms with Crippen molar-refractivity contribution in [1.29, 1.82) is 0 Å². The summed E-state index contributed by atoms with van der Waals surface area (Å²) in [5.74, 6) is 2.61. The number of benzene rings is 1. The third kappa shape index (κ3) is 4.63. The van der Waals surface area contributed by atoms with E-state index in [1.54, 1.807) is 7.11 Å². The first kappa shape index (κ1) is 16.2. The van der Waals surface area contributed by atoms with Crippen LogP contribution in [0.3, 0.4) is 0 Å². The molecule has 1 saturated carbocycles. The van der Waals surface area contributed by atoms with Gasteiger partial charge >= 0.3 is 0 Å². The molecule has 1 aliphatic carbocycles. The van der Waals surface area contributed by atoms with E-state index in [1.165, 1.54) is 31.2 Å². The van der Waals surface area contributed by atoms with Crippen LogP contribution in [-0.2, 0) is 6.42 Å². The molecule has 0 bridgehead atoms. The fraction of sp³-hybridized carbons (Fsp3) is 0.667. The summed E-state index contributed by atoms with van der Waals surface area (Å²) in [6.07, 6.45) is 7.38. The number of hydrogen-bond donors (Lipinski definition) is 1. The van der Waals surface area contributed by atoms with Gasteiger partial charge in [-0.05, 0) is 50.2 Å². The predicted molar refractivity (Wildman–Crippen MR) is 87.0 cm³/mol. The standard InChI is InChI=1S/C18H29NO2/c1-4-14-6-5-7-17(11-14)21-18-12-16(20-3)9-8-15(18)10-13(2)19/h8-9,12-14,17H,4-7,10-11,19H2,1-3H3. The third-order valence-corrected chi connectivity index (χ3v) is 4.42. The number of ether oxygens (including phenoxy) is 2. The number of hydrogen-bond acceptors (Lipinski definition) is 3. The van der Waals surface area contributed by atoms with Crippen LogP contribution in [0.15, 0.2) is 18.2 Å². The van der Waals surface area contributed by atoms with Crippen LogP contribution in [0.5, 0.6) is 11.5 Å². The third-order valence-electron chi connectivity index (χ3n) is 4.42. The highest BCUT2D eigenvalue weighted by molar-refractivity contribution is 5.41. The zero-order valence-electron chi connectivity index (χ0n) is 13.6. The van der Waals surface area contributed by atoms with E-state index < -0.39 is 0 Å². The topological polar surface area (TPSA) is 44.5 Å². The minimum absolute atomic E-state index is 0.135. The van der Waals surface area contributed by atoms with Gasteiger partial charge in [0.2, 0.25) is 0 Å². The van der Waals surface area contributed by atoms with Gasteiger partial charge in [0.25, 0.3) is 0 Å². The minimum Gasteiger partial charge on any atom is -0.497 e. The first-order chi connectivity index (χ1) is 10.1. The molecule has 21 heavy (non-hydrogen) atoms. The van der Waals surface area contributed by atoms with Crippen molar-refractivity contribution < 1.29 is 9.47 Å². The SMILES string of the molecule is CCC1CCCC(Oc2cc(OC)ccc2CC(C)N)C1. The van der Waals surface area contributed by atoms with Gasteiger partial charge in [-0.3, -0.25) is 0 Å². The van der Waals surface area contributed by atoms with E-state index in [0.29, 0.717) is 6.10 Å². The van der Waals surface area contributed by atoms with Crippen LogP contribution in [0, 0.1) is 5.92 Å². The van der Waals surface area contributed by atoms with Gasteiger partial charge in [0, 0.05) is 12.1 Å². The fourth-order valence-corrected chi connectivity index (χ4v) is 3.19. The van der Waals surface area contributed by atoms with Gasteiger partial charge in [0.1, 0.15) is 11.5 Å². The van der Waals surface area contributed by atoms with Crippen molar-refractivity contribution in [3.8, 4) is 11.5 Å². The van der Waals surface area contributed by atoms with E-state index in [2.05, 4.69) is 13.0 Å². The summed E-state index contributed by atoms with van der Waals surface area (Å²) in [4.78, 5) is 0. The maximum atomic E-state index is 6.33. The number of methoxy groups -OCH3 is 1. The van der Waals surface area contributed by atoms with Crippen molar-refractivity contribution in [3.63, 3.8) is 0 Å². The molecule has 0 saturated heterocycles. The molecule has 118 valence electrons. The molecule has 0 heterocycles. The molecular formula is C18H29NO2. The van der Waals surface area contributed by atoms with Crippen LogP contribution in [0.4, 0.5) is 0 Å². The van der Waals surface area contributed by atoms with Crippen molar-refractivity contribution in [2.45, 2.75) is 64.5 Å². The zero-order valence-corrected chi connectivity index (χ0v) is 13.6. The molecule has 3 heteroatoms. The number of rotatable bonds is 6. The Hall–Kier alpha value is -1.22. The Morgan fingerprint density at radius 1 is 1.33 bits per heavy atom. The van der Waals surface area contributed by atoms with E-state index in [0.717, 1.165) is 30.3 Å². The second-order valence-electron chi connectivity index (χ2n) is 6.34. The molecule has 2 N–H and O–H groups in total. The highest BCUT2D eigenvalue weighted by atomic mass is 16.5. The average molecular weight is 291 g/mol. The lowest BCUT2D eigenvalue weighted by molar-refractivity contribution is 0.120. The summed E-state index contributed by atoms with van der Waals surface area (Å²) in [5.41, 5.74) is 7.14. The van der Waals surface area contributed by atoms with E-state index >= 15 is 0 Å². The fourth-order valence-electron chi connectivity index (χ4n) is 3.19. The highest BCUT2D eigenvalue weighted by Gasteiger charge is 2.23. The molecule has 1 aromatic carbocycles. The van der Waals surface area contributed by atoms with Crippen LogP contribution in [0.1, 0.15) is 51.5 Å². The molecule has 0 aliphatic heterocycles. The summed E-state index contributed by atoms with van der Waals surface area (Å²) in [6.45, 7) is 4.31. The average Bonchev–Trinajstić information content (AvgIpc) is 2.48. The first-order valence-electron chi connectivity index (χ1n) is 8.21. The van der Waals surface area contributed by atoms with Crippen LogP contribution >= 0.6 is 0 Å². The maximum absolute atomic E-state index is 6.33. The monoisotopic (exact) mass is 291 g/mol. The lowest BCUT2D eigenvalue weighted by Gasteiger charge is -2.30. The van der Waals surface area contributed by atoms with Gasteiger partial charge in [-0.25, -0.2) is 0 Å². The molecule has 3 unspecified atom stereocenters. The van der Waals surface area contributed by atoms with Crippen LogP contribution in [0.25, 0.3) is 0 Å². The molecule has 3 nitrogen and oxygen atoms in total. The summed E-state index contributed by atoms with van der Waals surface area (Å²) < 4.78 is 11.7. The van der Waals surface area contributed by atoms with Crippen LogP contribution < -0.4 is 15.2 Å². The predicted octanol–water partition coefficient (Wildman–Crippen LogP) is 3.93. The highest BCUT2D eigenvalue weighted by Crippen LogP contribution is 2.32. The molecule has 0 spiro atoms. The minimum atomic E-state index is 0.135. The van der Waals surface area contributed by atoms with Gasteiger partial charge in [-0.1, -0.05) is 25.8 Å². The van der Waals surface area contributed by atoms with Gasteiger partial charge < -0.3 is 15.2 Å². The van der Waals surface area contributed by atoms with Gasteiger partial charge in [0.15, 0.2) is 0 Å². The Labute approximate surface area is 128 Å². The zero-order chi connectivity index (χ0) is 15.2. The smallest absolute Gasteiger partial charge is 0.126 e. The van der Waals surface area contributed by atoms with Crippen LogP contribution in [-0.4, -0.2) is 19.3 Å². The Balaban J connectivity index is 2.12. The molecule has 0 radical (unpaired) electrons. The molecule has 0 aromatic heterocycles. The van der Waals surface area contributed by atoms with E-state index in [9.17, 15) is 0 Å². The Bertz CT molecular complexity index is 445. The summed E-state index contributed by atoms with van der Waals surface area (Å²) >= 11 is 0. The van der Waals surface area contributed by atoms with Crippen molar-refractivity contribution in [3.05, 3.63) is 23.8 Å². The normalized spacial score (nSPS) is 23.6. The van der Waals surface area contributed by atoms with Crippen molar-refractivity contribution in [2.75, 3.05) is 7.11 Å². The second-order valence-corrected chi connectivity index (χ2v) is 6.34. The Kier molecular flexibility index (Phi) is 5.92. The van der Waals surface area contributed by atoms with E-state index in [1.807, 2.05) is 19.1 Å². The molecule has 1 aromatic rings. The van der Waals surface area contributed by atoms with Gasteiger partial charge in [-0.2, -0.15) is 0 Å². The van der Waals surface area contributed by atoms with Crippen molar-refractivity contribution in [1.82, 2.24) is 0 Å². The first-order valence-corrected chi connectivity index (χ1v) is 8.21. The lowest BCUT2D eigenvalue weighted by Crippen LogP contribution is -2.26. The Morgan fingerprint density at radius 3 is 2.81 bits per heavy atom. The summed E-state index contributed by atoms with van der Waals surface area (Å²) in [7, 11) is 1.69. The molecule has 3 atom stereocenters. The molecule has 2 rings (SSSR count). The molecule has 1 aliphatic rings. The van der Waals surface area contributed by atoms with E-state index in [-0.39, 0.29) is 6.04 Å². The summed E-state index contributed by atoms with van der Waals surface area (Å²) in [6, 6.07) is 6.21. The summed E-state index contributed by atoms with van der Waals surface area (Å²) in [5, 5.41) is 0. The molecule has 1 fully saturated rings. The quantitative estimate of drug-likeness (QED) is 0.863. The molecular weight excluding hydrogens is 262 g/mol. The Morgan fingerprint density at radius 2 is 2.14 bits per heavy atom. The number of nitrogens with two attached hydrogens (primary N) is 1. The maximum Gasteiger partial charge on any atom is 0.126 e. The second kappa shape index (κ2) is 7.69. The molecule has 0 amide bonds. The van der Waals surface area contributed by atoms with E-state index in [4.69, 9.17) is 15.2 Å².